The predicted molar refractivity (Wildman–Crippen MR) is 88.2 cm³/mol. The van der Waals surface area contributed by atoms with Crippen molar-refractivity contribution < 1.29 is 27.1 Å². The highest BCUT2D eigenvalue weighted by molar-refractivity contribution is 7.89. The Balaban J connectivity index is 1.81. The SMILES string of the molecule is O=C(N1CCNS(=O)(=O)CC1)C1(Oc2ccc(F)cc2)CCOCC1. The molecular weight excluding hydrogens is 351 g/mol. The Kier molecular flexibility index (Phi) is 5.26. The van der Waals surface area contributed by atoms with Gasteiger partial charge < -0.3 is 14.4 Å². The first-order valence-corrected chi connectivity index (χ1v) is 9.85. The molecule has 2 heterocycles. The van der Waals surface area contributed by atoms with Crippen LogP contribution in [0.15, 0.2) is 24.3 Å². The smallest absolute Gasteiger partial charge is 0.267 e. The number of nitrogens with one attached hydrogen (secondary N) is 1. The van der Waals surface area contributed by atoms with Crippen molar-refractivity contribution in [3.63, 3.8) is 0 Å². The van der Waals surface area contributed by atoms with Gasteiger partial charge in [0.2, 0.25) is 10.0 Å². The molecule has 0 bridgehead atoms. The largest absolute Gasteiger partial charge is 0.477 e. The summed E-state index contributed by atoms with van der Waals surface area (Å²) in [6, 6.07) is 5.51. The zero-order valence-corrected chi connectivity index (χ0v) is 14.6. The van der Waals surface area contributed by atoms with Gasteiger partial charge in [0, 0.05) is 32.5 Å². The van der Waals surface area contributed by atoms with Gasteiger partial charge in [-0.3, -0.25) is 4.79 Å². The van der Waals surface area contributed by atoms with Crippen LogP contribution in [-0.4, -0.2) is 63.4 Å². The number of sulfonamides is 1. The zero-order chi connectivity index (χ0) is 17.9. The summed E-state index contributed by atoms with van der Waals surface area (Å²) in [5.41, 5.74) is -1.12. The molecule has 2 aliphatic heterocycles. The first kappa shape index (κ1) is 18.1. The molecule has 7 nitrogen and oxygen atoms in total. The summed E-state index contributed by atoms with van der Waals surface area (Å²) in [5, 5.41) is 0. The fourth-order valence-corrected chi connectivity index (χ4v) is 4.04. The van der Waals surface area contributed by atoms with Crippen molar-refractivity contribution in [2.45, 2.75) is 18.4 Å². The van der Waals surface area contributed by atoms with E-state index in [1.807, 2.05) is 0 Å². The van der Waals surface area contributed by atoms with Crippen molar-refractivity contribution in [2.24, 2.45) is 0 Å². The lowest BCUT2D eigenvalue weighted by molar-refractivity contribution is -0.156. The second-order valence-electron chi connectivity index (χ2n) is 6.17. The lowest BCUT2D eigenvalue weighted by Crippen LogP contribution is -2.56. The summed E-state index contributed by atoms with van der Waals surface area (Å²) in [6.07, 6.45) is 0.722. The molecule has 2 saturated heterocycles. The molecule has 25 heavy (non-hydrogen) atoms. The quantitative estimate of drug-likeness (QED) is 0.836. The number of carbonyl (C=O) groups excluding carboxylic acids is 1. The monoisotopic (exact) mass is 372 g/mol. The molecule has 0 unspecified atom stereocenters. The van der Waals surface area contributed by atoms with Crippen LogP contribution in [0.25, 0.3) is 0 Å². The number of hydrogen-bond donors (Lipinski definition) is 1. The van der Waals surface area contributed by atoms with E-state index in [4.69, 9.17) is 9.47 Å². The molecule has 1 amide bonds. The number of nitrogens with zero attached hydrogens (tertiary/aromatic N) is 1. The lowest BCUT2D eigenvalue weighted by atomic mass is 9.92. The number of rotatable bonds is 3. The second kappa shape index (κ2) is 7.27. The Morgan fingerprint density at radius 1 is 1.20 bits per heavy atom. The van der Waals surface area contributed by atoms with E-state index in [2.05, 4.69) is 4.72 Å². The number of carbonyl (C=O) groups is 1. The van der Waals surface area contributed by atoms with Crippen molar-refractivity contribution in [3.8, 4) is 5.75 Å². The highest BCUT2D eigenvalue weighted by Gasteiger charge is 2.45. The van der Waals surface area contributed by atoms with Crippen molar-refractivity contribution in [1.82, 2.24) is 9.62 Å². The van der Waals surface area contributed by atoms with Crippen molar-refractivity contribution in [2.75, 3.05) is 38.6 Å². The van der Waals surface area contributed by atoms with E-state index in [1.54, 1.807) is 0 Å². The fraction of sp³-hybridized carbons (Fsp3) is 0.562. The standard InChI is InChI=1S/C16H21FN2O5S/c17-13-1-3-14(4-2-13)24-16(5-10-23-11-6-16)15(20)19-8-7-18-25(21,22)12-9-19/h1-4,18H,5-12H2. The summed E-state index contributed by atoms with van der Waals surface area (Å²) in [4.78, 5) is 14.7. The van der Waals surface area contributed by atoms with Crippen LogP contribution in [0.4, 0.5) is 4.39 Å². The van der Waals surface area contributed by atoms with Gasteiger partial charge in [-0.25, -0.2) is 17.5 Å². The third-order valence-corrected chi connectivity index (χ3v) is 5.80. The summed E-state index contributed by atoms with van der Waals surface area (Å²) in [5.74, 6) is -0.373. The van der Waals surface area contributed by atoms with Crippen LogP contribution < -0.4 is 9.46 Å². The van der Waals surface area contributed by atoms with Gasteiger partial charge in [0.15, 0.2) is 5.60 Å². The lowest BCUT2D eigenvalue weighted by Gasteiger charge is -2.39. The Hall–Kier alpha value is -1.71. The maximum atomic E-state index is 13.2. The molecule has 0 radical (unpaired) electrons. The van der Waals surface area contributed by atoms with Gasteiger partial charge in [-0.15, -0.1) is 0 Å². The highest BCUT2D eigenvalue weighted by Crippen LogP contribution is 2.30. The molecule has 3 rings (SSSR count). The number of amides is 1. The van der Waals surface area contributed by atoms with Gasteiger partial charge in [-0.1, -0.05) is 0 Å². The van der Waals surface area contributed by atoms with E-state index in [9.17, 15) is 17.6 Å². The predicted octanol–water partition coefficient (Wildman–Crippen LogP) is 0.515. The zero-order valence-electron chi connectivity index (χ0n) is 13.7. The molecule has 1 aromatic carbocycles. The van der Waals surface area contributed by atoms with Crippen LogP contribution in [0, 0.1) is 5.82 Å². The Morgan fingerprint density at radius 3 is 2.56 bits per heavy atom. The fourth-order valence-electron chi connectivity index (χ4n) is 3.03. The van der Waals surface area contributed by atoms with Crippen LogP contribution in [0.3, 0.4) is 0 Å². The van der Waals surface area contributed by atoms with Gasteiger partial charge in [-0.05, 0) is 24.3 Å². The van der Waals surface area contributed by atoms with Gasteiger partial charge in [0.05, 0.1) is 19.0 Å². The first-order valence-electron chi connectivity index (χ1n) is 8.19. The van der Waals surface area contributed by atoms with Crippen molar-refractivity contribution in [1.29, 1.82) is 0 Å². The minimum atomic E-state index is -3.35. The molecule has 2 aliphatic rings. The van der Waals surface area contributed by atoms with E-state index in [0.717, 1.165) is 0 Å². The highest BCUT2D eigenvalue weighted by atomic mass is 32.2. The van der Waals surface area contributed by atoms with E-state index in [1.165, 1.54) is 29.2 Å². The van der Waals surface area contributed by atoms with Gasteiger partial charge in [0.1, 0.15) is 11.6 Å². The second-order valence-corrected chi connectivity index (χ2v) is 8.09. The van der Waals surface area contributed by atoms with E-state index >= 15 is 0 Å². The Bertz CT molecular complexity index is 717. The number of halogens is 1. The van der Waals surface area contributed by atoms with E-state index in [-0.39, 0.29) is 37.1 Å². The molecule has 138 valence electrons. The molecule has 0 saturated carbocycles. The first-order chi connectivity index (χ1) is 11.9. The van der Waals surface area contributed by atoms with E-state index in [0.29, 0.717) is 31.8 Å². The summed E-state index contributed by atoms with van der Waals surface area (Å²) >= 11 is 0. The maximum absolute atomic E-state index is 13.2. The van der Waals surface area contributed by atoms with Gasteiger partial charge in [0.25, 0.3) is 5.91 Å². The number of benzene rings is 1. The maximum Gasteiger partial charge on any atom is 0.267 e. The topological polar surface area (TPSA) is 84.9 Å². The molecule has 0 aliphatic carbocycles. The number of ether oxygens (including phenoxy) is 2. The third kappa shape index (κ3) is 4.28. The minimum Gasteiger partial charge on any atom is -0.477 e. The average molecular weight is 372 g/mol. The normalized spacial score (nSPS) is 22.8. The molecule has 0 spiro atoms. The third-order valence-electron chi connectivity index (χ3n) is 4.44. The minimum absolute atomic E-state index is 0.115. The Labute approximate surface area is 146 Å². The Morgan fingerprint density at radius 2 is 1.88 bits per heavy atom. The van der Waals surface area contributed by atoms with E-state index < -0.39 is 15.6 Å². The average Bonchev–Trinajstić information content (AvgIpc) is 2.78. The van der Waals surface area contributed by atoms with Crippen LogP contribution in [-0.2, 0) is 19.6 Å². The van der Waals surface area contributed by atoms with Crippen LogP contribution >= 0.6 is 0 Å². The molecule has 0 aromatic heterocycles. The molecule has 0 atom stereocenters. The summed E-state index contributed by atoms with van der Waals surface area (Å²) in [6.45, 7) is 1.32. The number of hydrogen-bond acceptors (Lipinski definition) is 5. The molecule has 1 N–H and O–H groups in total. The van der Waals surface area contributed by atoms with Crippen LogP contribution in [0.1, 0.15) is 12.8 Å². The molecule has 9 heteroatoms. The molecular formula is C16H21FN2O5S. The van der Waals surface area contributed by atoms with Crippen LogP contribution in [0.5, 0.6) is 5.75 Å². The van der Waals surface area contributed by atoms with Crippen molar-refractivity contribution >= 4 is 15.9 Å². The van der Waals surface area contributed by atoms with Crippen molar-refractivity contribution in [3.05, 3.63) is 30.1 Å². The molecule has 2 fully saturated rings. The summed E-state index contributed by atoms with van der Waals surface area (Å²) < 4.78 is 50.3. The molecule has 1 aromatic rings. The van der Waals surface area contributed by atoms with Crippen LogP contribution in [0.2, 0.25) is 0 Å². The van der Waals surface area contributed by atoms with Gasteiger partial charge >= 0.3 is 0 Å². The van der Waals surface area contributed by atoms with Gasteiger partial charge in [-0.2, -0.15) is 0 Å². The summed E-state index contributed by atoms with van der Waals surface area (Å²) in [7, 11) is -3.35.